The number of nitrogens with zero attached hydrogens (tertiary/aromatic N) is 3. The zero-order valence-corrected chi connectivity index (χ0v) is 18.4. The van der Waals surface area contributed by atoms with Crippen molar-refractivity contribution in [2.24, 2.45) is 7.05 Å². The minimum Gasteiger partial charge on any atom is -0.463 e. The Morgan fingerprint density at radius 3 is 2.52 bits per heavy atom. The summed E-state index contributed by atoms with van der Waals surface area (Å²) in [6.07, 6.45) is 2.71. The largest absolute Gasteiger partial charge is 0.463 e. The maximum atomic E-state index is 13.2. The molecule has 8 nitrogen and oxygen atoms in total. The Kier molecular flexibility index (Phi) is 5.14. The van der Waals surface area contributed by atoms with Gasteiger partial charge in [-0.1, -0.05) is 12.1 Å². The summed E-state index contributed by atoms with van der Waals surface area (Å²) in [6.45, 7) is 3.68. The van der Waals surface area contributed by atoms with E-state index in [0.717, 1.165) is 11.8 Å². The molecule has 0 aliphatic heterocycles. The molecule has 0 radical (unpaired) electrons. The third-order valence-electron chi connectivity index (χ3n) is 5.14. The lowest BCUT2D eigenvalue weighted by molar-refractivity contribution is 0.0941. The summed E-state index contributed by atoms with van der Waals surface area (Å²) in [7, 11) is -1.50. The first-order chi connectivity index (χ1) is 14.6. The summed E-state index contributed by atoms with van der Waals surface area (Å²) >= 11 is 0. The normalized spacial score (nSPS) is 12.8. The molecule has 1 aromatic carbocycles. The first kappa shape index (κ1) is 20.8. The van der Waals surface area contributed by atoms with Crippen molar-refractivity contribution in [2.45, 2.75) is 24.8 Å². The fraction of sp³-hybridized carbons (Fsp3) is 0.227. The van der Waals surface area contributed by atoms with Gasteiger partial charge in [0.05, 0.1) is 33.8 Å². The number of carbonyl (C=O) groups excluding carboxylic acids is 1. The first-order valence-corrected chi connectivity index (χ1v) is 11.5. The van der Waals surface area contributed by atoms with Crippen molar-refractivity contribution in [3.63, 3.8) is 0 Å². The summed E-state index contributed by atoms with van der Waals surface area (Å²) in [5.74, 6) is 0.273. The van der Waals surface area contributed by atoms with Crippen molar-refractivity contribution < 1.29 is 17.6 Å². The molecule has 1 N–H and O–H groups in total. The van der Waals surface area contributed by atoms with Crippen molar-refractivity contribution in [1.82, 2.24) is 20.1 Å². The Morgan fingerprint density at radius 1 is 1.19 bits per heavy atom. The third-order valence-corrected chi connectivity index (χ3v) is 6.27. The number of carbonyl (C=O) groups is 1. The maximum Gasteiger partial charge on any atom is 0.252 e. The van der Waals surface area contributed by atoms with Crippen LogP contribution in [-0.2, 0) is 16.9 Å². The van der Waals surface area contributed by atoms with E-state index < -0.39 is 9.84 Å². The zero-order valence-electron chi connectivity index (χ0n) is 17.6. The monoisotopic (exact) mass is 438 g/mol. The van der Waals surface area contributed by atoms with Crippen molar-refractivity contribution in [1.29, 1.82) is 0 Å². The van der Waals surface area contributed by atoms with Crippen molar-refractivity contribution in [3.05, 3.63) is 65.5 Å². The maximum absolute atomic E-state index is 13.2. The minimum atomic E-state index is -3.28. The number of aromatic nitrogens is 3. The number of nitrogens with one attached hydrogen (secondary N) is 1. The Balaban J connectivity index is 1.70. The standard InChI is InChI=1S/C22H22N4O4S/c1-13(15-7-9-16(10-8-15)31(4,28)29)23-22(27)17-12-18(19-6-5-11-30-19)24-21-20(17)14(2)25-26(21)3/h5-13H,1-4H3,(H,23,27). The summed E-state index contributed by atoms with van der Waals surface area (Å²) in [6, 6.07) is 11.4. The highest BCUT2D eigenvalue weighted by atomic mass is 32.2. The number of furan rings is 1. The van der Waals surface area contributed by atoms with Crippen molar-refractivity contribution >= 4 is 26.8 Å². The molecule has 1 unspecified atom stereocenters. The fourth-order valence-corrected chi connectivity index (χ4v) is 4.17. The molecule has 3 heterocycles. The molecule has 0 aliphatic carbocycles. The van der Waals surface area contributed by atoms with Gasteiger partial charge in [0, 0.05) is 13.3 Å². The second-order valence-electron chi connectivity index (χ2n) is 7.48. The van der Waals surface area contributed by atoms with Crippen LogP contribution in [0, 0.1) is 6.92 Å². The quantitative estimate of drug-likeness (QED) is 0.512. The van der Waals surface area contributed by atoms with E-state index in [9.17, 15) is 13.2 Å². The average molecular weight is 439 g/mol. The van der Waals surface area contributed by atoms with Gasteiger partial charge in [-0.3, -0.25) is 9.48 Å². The van der Waals surface area contributed by atoms with Gasteiger partial charge in [0.1, 0.15) is 5.69 Å². The molecule has 4 rings (SSSR count). The molecule has 160 valence electrons. The highest BCUT2D eigenvalue weighted by molar-refractivity contribution is 7.90. The van der Waals surface area contributed by atoms with Crippen LogP contribution in [0.2, 0.25) is 0 Å². The van der Waals surface area contributed by atoms with Crippen molar-refractivity contribution in [2.75, 3.05) is 6.26 Å². The van der Waals surface area contributed by atoms with Gasteiger partial charge in [0.25, 0.3) is 5.91 Å². The first-order valence-electron chi connectivity index (χ1n) is 9.64. The summed E-state index contributed by atoms with van der Waals surface area (Å²) in [4.78, 5) is 18.1. The molecule has 1 amide bonds. The number of rotatable bonds is 5. The van der Waals surface area contributed by atoms with Crippen LogP contribution in [0.1, 0.15) is 34.6 Å². The number of aryl methyl sites for hydroxylation is 2. The molecule has 9 heteroatoms. The molecule has 0 bridgehead atoms. The number of hydrogen-bond acceptors (Lipinski definition) is 6. The van der Waals surface area contributed by atoms with E-state index in [4.69, 9.17) is 4.42 Å². The molecule has 3 aromatic heterocycles. The highest BCUT2D eigenvalue weighted by Crippen LogP contribution is 2.27. The number of hydrogen-bond donors (Lipinski definition) is 1. The topological polar surface area (TPSA) is 107 Å². The Labute approximate surface area is 179 Å². The molecular weight excluding hydrogens is 416 g/mol. The summed E-state index contributed by atoms with van der Waals surface area (Å²) in [5, 5.41) is 8.08. The Bertz CT molecular complexity index is 1370. The van der Waals surface area contributed by atoms with Crippen molar-refractivity contribution in [3.8, 4) is 11.5 Å². The van der Waals surface area contributed by atoms with E-state index in [2.05, 4.69) is 15.4 Å². The van der Waals surface area contributed by atoms with E-state index in [1.54, 1.807) is 48.3 Å². The molecule has 4 aromatic rings. The van der Waals surface area contributed by atoms with Gasteiger partial charge in [-0.05, 0) is 49.7 Å². The van der Waals surface area contributed by atoms with Gasteiger partial charge in [-0.2, -0.15) is 5.10 Å². The minimum absolute atomic E-state index is 0.236. The summed E-state index contributed by atoms with van der Waals surface area (Å²) < 4.78 is 30.5. The van der Waals surface area contributed by atoms with Crippen LogP contribution in [0.5, 0.6) is 0 Å². The van der Waals surface area contributed by atoms with E-state index in [-0.39, 0.29) is 16.8 Å². The number of benzene rings is 1. The second kappa shape index (κ2) is 7.66. The van der Waals surface area contributed by atoms with Crippen LogP contribution in [0.4, 0.5) is 0 Å². The van der Waals surface area contributed by atoms with E-state index in [0.29, 0.717) is 33.7 Å². The van der Waals surface area contributed by atoms with Crippen LogP contribution in [0.3, 0.4) is 0 Å². The number of fused-ring (bicyclic) bond motifs is 1. The van der Waals surface area contributed by atoms with Gasteiger partial charge in [0.2, 0.25) is 0 Å². The summed E-state index contributed by atoms with van der Waals surface area (Å²) in [5.41, 5.74) is 3.06. The molecule has 31 heavy (non-hydrogen) atoms. The van der Waals surface area contributed by atoms with Crippen LogP contribution < -0.4 is 5.32 Å². The predicted octanol–water partition coefficient (Wildman–Crippen LogP) is 3.43. The number of amides is 1. The Morgan fingerprint density at radius 2 is 1.90 bits per heavy atom. The molecule has 0 fully saturated rings. The molecule has 1 atom stereocenters. The van der Waals surface area contributed by atoms with Crippen LogP contribution >= 0.6 is 0 Å². The Hall–Kier alpha value is -3.46. The SMILES string of the molecule is Cc1nn(C)c2nc(-c3ccco3)cc(C(=O)NC(C)c3ccc(S(C)(=O)=O)cc3)c12. The van der Waals surface area contributed by atoms with Gasteiger partial charge in [-0.15, -0.1) is 0 Å². The van der Waals surface area contributed by atoms with Crippen LogP contribution in [0.25, 0.3) is 22.5 Å². The third kappa shape index (κ3) is 3.96. The van der Waals surface area contributed by atoms with Gasteiger partial charge in [-0.25, -0.2) is 13.4 Å². The van der Waals surface area contributed by atoms with E-state index in [1.807, 2.05) is 13.8 Å². The van der Waals surface area contributed by atoms with Gasteiger partial charge in [0.15, 0.2) is 21.2 Å². The number of pyridine rings is 1. The van der Waals surface area contributed by atoms with Gasteiger partial charge < -0.3 is 9.73 Å². The van der Waals surface area contributed by atoms with E-state index >= 15 is 0 Å². The highest BCUT2D eigenvalue weighted by Gasteiger charge is 2.21. The van der Waals surface area contributed by atoms with Gasteiger partial charge >= 0.3 is 0 Å². The predicted molar refractivity (Wildman–Crippen MR) is 116 cm³/mol. The molecule has 0 saturated heterocycles. The lowest BCUT2D eigenvalue weighted by atomic mass is 10.1. The zero-order chi connectivity index (χ0) is 22.3. The van der Waals surface area contributed by atoms with Crippen LogP contribution in [-0.4, -0.2) is 35.3 Å². The average Bonchev–Trinajstić information content (AvgIpc) is 3.35. The fourth-order valence-electron chi connectivity index (χ4n) is 3.54. The molecule has 0 saturated carbocycles. The lowest BCUT2D eigenvalue weighted by Gasteiger charge is -2.16. The lowest BCUT2D eigenvalue weighted by Crippen LogP contribution is -2.27. The molecule has 0 aliphatic rings. The molecular formula is C22H22N4O4S. The smallest absolute Gasteiger partial charge is 0.252 e. The van der Waals surface area contributed by atoms with Crippen LogP contribution in [0.15, 0.2) is 58.0 Å². The second-order valence-corrected chi connectivity index (χ2v) is 9.49. The number of sulfone groups is 1. The van der Waals surface area contributed by atoms with E-state index in [1.165, 1.54) is 12.1 Å². The molecule has 0 spiro atoms.